The van der Waals surface area contributed by atoms with Crippen LogP contribution in [0.1, 0.15) is 35.4 Å². The Morgan fingerprint density at radius 3 is 2.63 bits per heavy atom. The van der Waals surface area contributed by atoms with Crippen molar-refractivity contribution in [3.63, 3.8) is 0 Å². The third-order valence-electron chi connectivity index (χ3n) is 5.05. The van der Waals surface area contributed by atoms with Gasteiger partial charge >= 0.3 is 0 Å². The van der Waals surface area contributed by atoms with Crippen molar-refractivity contribution in [2.45, 2.75) is 32.2 Å². The molecular formula is C22H23N5O3. The Morgan fingerprint density at radius 2 is 1.83 bits per heavy atom. The van der Waals surface area contributed by atoms with E-state index in [-0.39, 0.29) is 23.8 Å². The number of nitrogens with two attached hydrogens (primary N) is 1. The lowest BCUT2D eigenvalue weighted by Gasteiger charge is -2.10. The third-order valence-corrected chi connectivity index (χ3v) is 5.05. The minimum absolute atomic E-state index is 0.232. The molecule has 0 fully saturated rings. The van der Waals surface area contributed by atoms with Gasteiger partial charge in [-0.25, -0.2) is 0 Å². The topological polar surface area (TPSA) is 112 Å². The van der Waals surface area contributed by atoms with E-state index in [4.69, 9.17) is 10.5 Å². The minimum atomic E-state index is -0.604. The maximum atomic E-state index is 12.2. The Labute approximate surface area is 174 Å². The minimum Gasteiger partial charge on any atom is -0.483 e. The zero-order valence-electron chi connectivity index (χ0n) is 16.5. The van der Waals surface area contributed by atoms with Crippen molar-refractivity contribution >= 4 is 17.5 Å². The van der Waals surface area contributed by atoms with Crippen molar-refractivity contribution < 1.29 is 14.3 Å². The van der Waals surface area contributed by atoms with Crippen LogP contribution in [-0.4, -0.2) is 33.2 Å². The quantitative estimate of drug-likeness (QED) is 0.655. The predicted octanol–water partition coefficient (Wildman–Crippen LogP) is 2.79. The van der Waals surface area contributed by atoms with Gasteiger partial charge in [0.05, 0.1) is 5.56 Å². The number of nitrogens with one attached hydrogen (secondary N) is 1. The molecule has 0 unspecified atom stereocenters. The van der Waals surface area contributed by atoms with Gasteiger partial charge in [0.15, 0.2) is 12.4 Å². The van der Waals surface area contributed by atoms with Gasteiger partial charge in [-0.15, -0.1) is 10.2 Å². The largest absolute Gasteiger partial charge is 0.483 e. The Bertz CT molecular complexity index is 1060. The third kappa shape index (κ3) is 4.32. The molecule has 2 amide bonds. The highest BCUT2D eigenvalue weighted by Gasteiger charge is 2.16. The number of primary amides is 1. The molecule has 8 nitrogen and oxygen atoms in total. The first kappa shape index (κ1) is 19.6. The molecule has 0 radical (unpaired) electrons. The average Bonchev–Trinajstić information content (AvgIpc) is 3.01. The molecule has 154 valence electrons. The molecule has 1 aliphatic rings. The van der Waals surface area contributed by atoms with E-state index in [0.29, 0.717) is 5.69 Å². The Balaban J connectivity index is 1.39. The number of nitrogens with zero attached hydrogens (tertiary/aromatic N) is 3. The summed E-state index contributed by atoms with van der Waals surface area (Å²) in [5.74, 6) is 1.23. The molecule has 0 saturated heterocycles. The SMILES string of the molecule is NC(=O)c1ccccc1OCC(=O)Nc1ccc(-c2nnc3n2CCCCC3)cc1. The van der Waals surface area contributed by atoms with Crippen molar-refractivity contribution in [3.05, 3.63) is 59.9 Å². The molecule has 2 heterocycles. The second-order valence-corrected chi connectivity index (χ2v) is 7.18. The number of rotatable bonds is 6. The highest BCUT2D eigenvalue weighted by atomic mass is 16.5. The van der Waals surface area contributed by atoms with E-state index in [1.807, 2.05) is 24.3 Å². The van der Waals surface area contributed by atoms with Gasteiger partial charge in [-0.3, -0.25) is 9.59 Å². The van der Waals surface area contributed by atoms with Crippen LogP contribution in [0.25, 0.3) is 11.4 Å². The van der Waals surface area contributed by atoms with E-state index in [1.54, 1.807) is 24.3 Å². The summed E-state index contributed by atoms with van der Waals surface area (Å²) in [7, 11) is 0. The lowest BCUT2D eigenvalue weighted by Crippen LogP contribution is -2.21. The van der Waals surface area contributed by atoms with Gasteiger partial charge in [0, 0.05) is 24.2 Å². The number of aryl methyl sites for hydroxylation is 1. The maximum absolute atomic E-state index is 12.2. The Morgan fingerprint density at radius 1 is 1.03 bits per heavy atom. The van der Waals surface area contributed by atoms with Crippen LogP contribution in [0, 0.1) is 0 Å². The monoisotopic (exact) mass is 405 g/mol. The number of carbonyl (C=O) groups excluding carboxylic acids is 2. The number of carbonyl (C=O) groups is 2. The summed E-state index contributed by atoms with van der Waals surface area (Å²) in [6, 6.07) is 14.0. The van der Waals surface area contributed by atoms with Crippen molar-refractivity contribution in [1.29, 1.82) is 0 Å². The second-order valence-electron chi connectivity index (χ2n) is 7.18. The van der Waals surface area contributed by atoms with Gasteiger partial charge in [0.2, 0.25) is 0 Å². The van der Waals surface area contributed by atoms with Crippen molar-refractivity contribution in [3.8, 4) is 17.1 Å². The fraction of sp³-hybridized carbons (Fsp3) is 0.273. The summed E-state index contributed by atoms with van der Waals surface area (Å²) in [5, 5.41) is 11.5. The molecule has 0 spiro atoms. The van der Waals surface area contributed by atoms with E-state index in [9.17, 15) is 9.59 Å². The molecule has 1 aliphatic heterocycles. The van der Waals surface area contributed by atoms with Crippen molar-refractivity contribution in [2.75, 3.05) is 11.9 Å². The van der Waals surface area contributed by atoms with Gasteiger partial charge in [-0.1, -0.05) is 18.6 Å². The molecule has 0 atom stereocenters. The molecule has 3 aromatic rings. The van der Waals surface area contributed by atoms with Crippen LogP contribution in [0.5, 0.6) is 5.75 Å². The number of ether oxygens (including phenoxy) is 1. The summed E-state index contributed by atoms with van der Waals surface area (Å²) < 4.78 is 7.64. The summed E-state index contributed by atoms with van der Waals surface area (Å²) in [6.45, 7) is 0.698. The lowest BCUT2D eigenvalue weighted by atomic mass is 10.2. The van der Waals surface area contributed by atoms with E-state index in [2.05, 4.69) is 20.1 Å². The molecule has 0 saturated carbocycles. The smallest absolute Gasteiger partial charge is 0.262 e. The highest BCUT2D eigenvalue weighted by molar-refractivity contribution is 5.96. The van der Waals surface area contributed by atoms with Crippen LogP contribution in [-0.2, 0) is 17.8 Å². The van der Waals surface area contributed by atoms with E-state index >= 15 is 0 Å². The van der Waals surface area contributed by atoms with Gasteiger partial charge in [-0.05, 0) is 49.2 Å². The van der Waals surface area contributed by atoms with E-state index < -0.39 is 5.91 Å². The van der Waals surface area contributed by atoms with Crippen molar-refractivity contribution in [1.82, 2.24) is 14.8 Å². The molecular weight excluding hydrogens is 382 g/mol. The average molecular weight is 405 g/mol. The molecule has 0 bridgehead atoms. The number of hydrogen-bond acceptors (Lipinski definition) is 5. The molecule has 3 N–H and O–H groups in total. The first-order valence-corrected chi connectivity index (χ1v) is 9.96. The van der Waals surface area contributed by atoms with Crippen LogP contribution in [0.2, 0.25) is 0 Å². The van der Waals surface area contributed by atoms with Crippen LogP contribution in [0.3, 0.4) is 0 Å². The number of para-hydroxylation sites is 1. The van der Waals surface area contributed by atoms with Crippen LogP contribution < -0.4 is 15.8 Å². The number of benzene rings is 2. The van der Waals surface area contributed by atoms with Crippen LogP contribution >= 0.6 is 0 Å². The van der Waals surface area contributed by atoms with Gasteiger partial charge in [0.25, 0.3) is 11.8 Å². The molecule has 8 heteroatoms. The lowest BCUT2D eigenvalue weighted by molar-refractivity contribution is -0.118. The molecule has 2 aromatic carbocycles. The number of aromatic nitrogens is 3. The molecule has 0 aliphatic carbocycles. The molecule has 1 aromatic heterocycles. The predicted molar refractivity (Wildman–Crippen MR) is 112 cm³/mol. The number of fused-ring (bicyclic) bond motifs is 1. The van der Waals surface area contributed by atoms with E-state index in [0.717, 1.165) is 43.0 Å². The van der Waals surface area contributed by atoms with Crippen molar-refractivity contribution in [2.24, 2.45) is 5.73 Å². The number of anilines is 1. The zero-order valence-corrected chi connectivity index (χ0v) is 16.5. The van der Waals surface area contributed by atoms with Crippen LogP contribution in [0.15, 0.2) is 48.5 Å². The van der Waals surface area contributed by atoms with E-state index in [1.165, 1.54) is 6.42 Å². The normalized spacial score (nSPS) is 13.2. The Hall–Kier alpha value is -3.68. The van der Waals surface area contributed by atoms with Gasteiger partial charge < -0.3 is 20.4 Å². The van der Waals surface area contributed by atoms with Gasteiger partial charge in [0.1, 0.15) is 11.6 Å². The van der Waals surface area contributed by atoms with Gasteiger partial charge in [-0.2, -0.15) is 0 Å². The molecule has 4 rings (SSSR count). The summed E-state index contributed by atoms with van der Waals surface area (Å²) in [4.78, 5) is 23.7. The summed E-state index contributed by atoms with van der Waals surface area (Å²) in [6.07, 6.45) is 4.44. The zero-order chi connectivity index (χ0) is 20.9. The fourth-order valence-corrected chi connectivity index (χ4v) is 3.54. The highest BCUT2D eigenvalue weighted by Crippen LogP contribution is 2.24. The number of amides is 2. The number of hydrogen-bond donors (Lipinski definition) is 2. The second kappa shape index (κ2) is 8.77. The first-order chi connectivity index (χ1) is 14.6. The van der Waals surface area contributed by atoms with Crippen LogP contribution in [0.4, 0.5) is 5.69 Å². The Kier molecular flexibility index (Phi) is 5.74. The fourth-order valence-electron chi connectivity index (χ4n) is 3.54. The standard InChI is InChI=1S/C22H23N5O3/c23-21(29)17-6-3-4-7-18(17)30-14-20(28)24-16-11-9-15(10-12-16)22-26-25-19-8-2-1-5-13-27(19)22/h3-4,6-7,9-12H,1-2,5,8,13-14H2,(H2,23,29)(H,24,28). The maximum Gasteiger partial charge on any atom is 0.262 e. The summed E-state index contributed by atoms with van der Waals surface area (Å²) in [5.41, 5.74) is 7.16. The molecule has 30 heavy (non-hydrogen) atoms. The first-order valence-electron chi connectivity index (χ1n) is 9.96. The summed E-state index contributed by atoms with van der Waals surface area (Å²) >= 11 is 0.